The highest BCUT2D eigenvalue weighted by Crippen LogP contribution is 2.26. The SMILES string of the molecule is O=C(c1ccc(OCCCN2CCCCC2)cc1)C1CCN(c2ccc([N+](=O)[O-])cn2)CC1. The van der Waals surface area contributed by atoms with Crippen molar-refractivity contribution < 1.29 is 14.5 Å². The molecule has 2 fully saturated rings. The maximum Gasteiger partial charge on any atom is 0.287 e. The van der Waals surface area contributed by atoms with Crippen LogP contribution in [0.4, 0.5) is 11.5 Å². The van der Waals surface area contributed by atoms with E-state index in [9.17, 15) is 14.9 Å². The highest BCUT2D eigenvalue weighted by atomic mass is 16.6. The number of carbonyl (C=O) groups excluding carboxylic acids is 1. The molecule has 3 heterocycles. The zero-order valence-electron chi connectivity index (χ0n) is 19.0. The Bertz CT molecular complexity index is 918. The largest absolute Gasteiger partial charge is 0.494 e. The number of pyridine rings is 1. The normalized spacial score (nSPS) is 17.6. The maximum atomic E-state index is 13.0. The van der Waals surface area contributed by atoms with Gasteiger partial charge in [-0.05, 0) is 75.5 Å². The maximum absolute atomic E-state index is 13.0. The number of likely N-dealkylation sites (tertiary alicyclic amines) is 1. The summed E-state index contributed by atoms with van der Waals surface area (Å²) in [4.78, 5) is 32.1. The molecule has 2 aromatic rings. The van der Waals surface area contributed by atoms with Crippen LogP contribution in [0.2, 0.25) is 0 Å². The quantitative estimate of drug-likeness (QED) is 0.242. The molecule has 0 aliphatic carbocycles. The van der Waals surface area contributed by atoms with E-state index in [0.29, 0.717) is 25.5 Å². The molecule has 0 spiro atoms. The van der Waals surface area contributed by atoms with Crippen LogP contribution in [-0.4, -0.2) is 59.9 Å². The van der Waals surface area contributed by atoms with Crippen molar-refractivity contribution in [3.63, 3.8) is 0 Å². The molecule has 2 aliphatic rings. The van der Waals surface area contributed by atoms with Gasteiger partial charge in [0.1, 0.15) is 17.8 Å². The van der Waals surface area contributed by atoms with Crippen LogP contribution in [0.5, 0.6) is 5.75 Å². The van der Waals surface area contributed by atoms with E-state index in [1.54, 1.807) is 6.07 Å². The van der Waals surface area contributed by atoms with Crippen LogP contribution in [0, 0.1) is 16.0 Å². The van der Waals surface area contributed by atoms with Gasteiger partial charge in [-0.3, -0.25) is 14.9 Å². The third-order valence-electron chi connectivity index (χ3n) is 6.61. The molecule has 8 heteroatoms. The number of rotatable bonds is 9. The molecule has 1 aromatic carbocycles. The fourth-order valence-electron chi connectivity index (χ4n) is 4.66. The molecule has 0 radical (unpaired) electrons. The highest BCUT2D eigenvalue weighted by Gasteiger charge is 2.26. The molecule has 0 N–H and O–H groups in total. The molecule has 1 aromatic heterocycles. The summed E-state index contributed by atoms with van der Waals surface area (Å²) in [6.45, 7) is 5.61. The number of benzene rings is 1. The van der Waals surface area contributed by atoms with Gasteiger partial charge in [-0.15, -0.1) is 0 Å². The Morgan fingerprint density at radius 2 is 1.76 bits per heavy atom. The Morgan fingerprint density at radius 1 is 1.03 bits per heavy atom. The molecule has 4 rings (SSSR count). The van der Waals surface area contributed by atoms with Gasteiger partial charge in [0.25, 0.3) is 5.69 Å². The topological polar surface area (TPSA) is 88.8 Å². The zero-order chi connectivity index (χ0) is 23.0. The lowest BCUT2D eigenvalue weighted by molar-refractivity contribution is -0.385. The smallest absolute Gasteiger partial charge is 0.287 e. The van der Waals surface area contributed by atoms with Gasteiger partial charge in [-0.1, -0.05) is 6.42 Å². The summed E-state index contributed by atoms with van der Waals surface area (Å²) in [5.41, 5.74) is 0.709. The van der Waals surface area contributed by atoms with Crippen LogP contribution >= 0.6 is 0 Å². The molecule has 33 heavy (non-hydrogen) atoms. The lowest BCUT2D eigenvalue weighted by Crippen LogP contribution is -2.36. The lowest BCUT2D eigenvalue weighted by atomic mass is 9.89. The van der Waals surface area contributed by atoms with E-state index < -0.39 is 4.92 Å². The van der Waals surface area contributed by atoms with Crippen molar-refractivity contribution >= 4 is 17.3 Å². The highest BCUT2D eigenvalue weighted by molar-refractivity contribution is 5.98. The standard InChI is InChI=1S/C25H32N4O4/c30-25(21-11-16-28(17-12-21)24-10-7-22(19-26-24)29(31)32)20-5-8-23(9-6-20)33-18-4-15-27-13-2-1-3-14-27/h5-10,19,21H,1-4,11-18H2. The van der Waals surface area contributed by atoms with Gasteiger partial charge in [-0.25, -0.2) is 4.98 Å². The predicted molar refractivity (Wildman–Crippen MR) is 127 cm³/mol. The van der Waals surface area contributed by atoms with Crippen LogP contribution < -0.4 is 9.64 Å². The van der Waals surface area contributed by atoms with Crippen molar-refractivity contribution in [2.24, 2.45) is 5.92 Å². The molecule has 0 saturated carbocycles. The van der Waals surface area contributed by atoms with Crippen molar-refractivity contribution in [2.75, 3.05) is 44.2 Å². The van der Waals surface area contributed by atoms with Crippen molar-refractivity contribution in [3.05, 3.63) is 58.3 Å². The Kier molecular flexibility index (Phi) is 7.88. The second-order valence-electron chi connectivity index (χ2n) is 8.89. The fourth-order valence-corrected chi connectivity index (χ4v) is 4.66. The molecule has 2 saturated heterocycles. The number of hydrogen-bond acceptors (Lipinski definition) is 7. The molecule has 0 unspecified atom stereocenters. The number of anilines is 1. The number of nitrogens with zero attached hydrogens (tertiary/aromatic N) is 4. The van der Waals surface area contributed by atoms with Crippen LogP contribution in [0.15, 0.2) is 42.6 Å². The summed E-state index contributed by atoms with van der Waals surface area (Å²) < 4.78 is 5.87. The minimum absolute atomic E-state index is 0.0155. The van der Waals surface area contributed by atoms with E-state index in [1.165, 1.54) is 44.6 Å². The minimum Gasteiger partial charge on any atom is -0.494 e. The number of nitro groups is 1. The summed E-state index contributed by atoms with van der Waals surface area (Å²) in [5, 5.41) is 10.8. The molecule has 176 valence electrons. The van der Waals surface area contributed by atoms with Crippen LogP contribution in [-0.2, 0) is 0 Å². The summed E-state index contributed by atoms with van der Waals surface area (Å²) in [5.74, 6) is 1.68. The van der Waals surface area contributed by atoms with E-state index in [-0.39, 0.29) is 17.4 Å². The van der Waals surface area contributed by atoms with Crippen molar-refractivity contribution in [2.45, 2.75) is 38.5 Å². The van der Waals surface area contributed by atoms with Crippen molar-refractivity contribution in [1.82, 2.24) is 9.88 Å². The average Bonchev–Trinajstić information content (AvgIpc) is 2.87. The van der Waals surface area contributed by atoms with Crippen LogP contribution in [0.25, 0.3) is 0 Å². The zero-order valence-corrected chi connectivity index (χ0v) is 19.0. The van der Waals surface area contributed by atoms with E-state index in [0.717, 1.165) is 37.1 Å². The van der Waals surface area contributed by atoms with E-state index in [2.05, 4.69) is 14.8 Å². The number of carbonyl (C=O) groups is 1. The van der Waals surface area contributed by atoms with Gasteiger partial charge in [0.2, 0.25) is 0 Å². The van der Waals surface area contributed by atoms with Gasteiger partial charge in [-0.2, -0.15) is 0 Å². The van der Waals surface area contributed by atoms with Gasteiger partial charge >= 0.3 is 0 Å². The molecule has 8 nitrogen and oxygen atoms in total. The number of hydrogen-bond donors (Lipinski definition) is 0. The number of aromatic nitrogens is 1. The Morgan fingerprint density at radius 3 is 2.39 bits per heavy atom. The first-order valence-corrected chi connectivity index (χ1v) is 11.9. The van der Waals surface area contributed by atoms with Gasteiger partial charge in [0.15, 0.2) is 5.78 Å². The Hall–Kier alpha value is -3.00. The van der Waals surface area contributed by atoms with Crippen molar-refractivity contribution in [1.29, 1.82) is 0 Å². The van der Waals surface area contributed by atoms with E-state index >= 15 is 0 Å². The van der Waals surface area contributed by atoms with E-state index in [1.807, 2.05) is 24.3 Å². The predicted octanol–water partition coefficient (Wildman–Crippen LogP) is 4.34. The molecule has 0 bridgehead atoms. The second-order valence-corrected chi connectivity index (χ2v) is 8.89. The molecular weight excluding hydrogens is 420 g/mol. The first kappa shape index (κ1) is 23.2. The summed E-state index contributed by atoms with van der Waals surface area (Å²) >= 11 is 0. The van der Waals surface area contributed by atoms with Gasteiger partial charge in [0.05, 0.1) is 11.5 Å². The number of Topliss-reactive ketones (excluding diaryl/α,β-unsaturated/α-hetero) is 1. The van der Waals surface area contributed by atoms with Crippen LogP contribution in [0.3, 0.4) is 0 Å². The Balaban J connectivity index is 1.21. The Labute approximate surface area is 194 Å². The summed E-state index contributed by atoms with van der Waals surface area (Å²) in [6, 6.07) is 10.7. The second kappa shape index (κ2) is 11.2. The monoisotopic (exact) mass is 452 g/mol. The minimum atomic E-state index is -0.451. The number of piperidine rings is 2. The lowest BCUT2D eigenvalue weighted by Gasteiger charge is -2.32. The van der Waals surface area contributed by atoms with Crippen LogP contribution in [0.1, 0.15) is 48.9 Å². The average molecular weight is 453 g/mol. The first-order valence-electron chi connectivity index (χ1n) is 11.9. The van der Waals surface area contributed by atoms with E-state index in [4.69, 9.17) is 4.74 Å². The van der Waals surface area contributed by atoms with Gasteiger partial charge in [0, 0.05) is 37.2 Å². The molecule has 0 amide bonds. The summed E-state index contributed by atoms with van der Waals surface area (Å²) in [7, 11) is 0. The molecule has 0 atom stereocenters. The number of ketones is 1. The number of ether oxygens (including phenoxy) is 1. The third kappa shape index (κ3) is 6.28. The van der Waals surface area contributed by atoms with Crippen molar-refractivity contribution in [3.8, 4) is 5.75 Å². The first-order chi connectivity index (χ1) is 16.1. The summed E-state index contributed by atoms with van der Waals surface area (Å²) in [6.07, 6.45) is 7.76. The third-order valence-corrected chi connectivity index (χ3v) is 6.61. The molecule has 2 aliphatic heterocycles. The molecular formula is C25H32N4O4. The van der Waals surface area contributed by atoms with Gasteiger partial charge < -0.3 is 14.5 Å². The fraction of sp³-hybridized carbons (Fsp3) is 0.520.